The van der Waals surface area contributed by atoms with Crippen LogP contribution in [0.3, 0.4) is 0 Å². The summed E-state index contributed by atoms with van der Waals surface area (Å²) in [6, 6.07) is 19.3. The third kappa shape index (κ3) is 2.95. The summed E-state index contributed by atoms with van der Waals surface area (Å²) in [5, 5.41) is 9.13. The van der Waals surface area contributed by atoms with Crippen molar-refractivity contribution < 1.29 is 0 Å². The van der Waals surface area contributed by atoms with Crippen molar-refractivity contribution in [2.24, 2.45) is 0 Å². The molecular weight excluding hydrogens is 282 g/mol. The van der Waals surface area contributed by atoms with Gasteiger partial charge in [-0.3, -0.25) is 4.98 Å². The SMILES string of the molecule is [C-]#[N+]c1cc(C#N)cc(-c2cc(-c3ccccc3)c(C)cn2)c1. The molecule has 0 aliphatic carbocycles. The van der Waals surface area contributed by atoms with E-state index in [9.17, 15) is 0 Å². The quantitative estimate of drug-likeness (QED) is 0.614. The minimum absolute atomic E-state index is 0.447. The van der Waals surface area contributed by atoms with Gasteiger partial charge >= 0.3 is 0 Å². The van der Waals surface area contributed by atoms with Gasteiger partial charge in [-0.1, -0.05) is 30.3 Å². The number of aromatic nitrogens is 1. The lowest BCUT2D eigenvalue weighted by molar-refractivity contribution is 1.27. The van der Waals surface area contributed by atoms with Gasteiger partial charge in [-0.05, 0) is 53.4 Å². The summed E-state index contributed by atoms with van der Waals surface area (Å²) >= 11 is 0. The fourth-order valence-electron chi connectivity index (χ4n) is 2.50. The standard InChI is InChI=1S/C20H13N3/c1-14-13-23-20(11-19(14)16-6-4-3-5-7-16)17-8-15(12-21)9-18(10-17)22-2/h3-11,13H,1H3. The van der Waals surface area contributed by atoms with Gasteiger partial charge in [0.05, 0.1) is 18.3 Å². The fraction of sp³-hybridized carbons (Fsp3) is 0.0500. The van der Waals surface area contributed by atoms with E-state index in [4.69, 9.17) is 11.8 Å². The number of rotatable bonds is 2. The highest BCUT2D eigenvalue weighted by Crippen LogP contribution is 2.30. The van der Waals surface area contributed by atoms with Crippen LogP contribution in [0.15, 0.2) is 60.8 Å². The highest BCUT2D eigenvalue weighted by molar-refractivity contribution is 5.75. The van der Waals surface area contributed by atoms with E-state index in [0.717, 1.165) is 27.9 Å². The molecule has 0 N–H and O–H groups in total. The van der Waals surface area contributed by atoms with Crippen molar-refractivity contribution in [3.05, 3.63) is 83.3 Å². The molecule has 0 saturated carbocycles. The highest BCUT2D eigenvalue weighted by atomic mass is 14.7. The summed E-state index contributed by atoms with van der Waals surface area (Å²) < 4.78 is 0. The van der Waals surface area contributed by atoms with Gasteiger partial charge in [0.2, 0.25) is 0 Å². The van der Waals surface area contributed by atoms with Gasteiger partial charge in [0.25, 0.3) is 0 Å². The van der Waals surface area contributed by atoms with Crippen LogP contribution in [0.4, 0.5) is 5.69 Å². The Morgan fingerprint density at radius 1 is 1.04 bits per heavy atom. The van der Waals surface area contributed by atoms with Crippen molar-refractivity contribution in [2.75, 3.05) is 0 Å². The van der Waals surface area contributed by atoms with Crippen LogP contribution < -0.4 is 0 Å². The number of nitriles is 1. The Hall–Kier alpha value is -3.43. The zero-order chi connectivity index (χ0) is 16.2. The summed E-state index contributed by atoms with van der Waals surface area (Å²) in [5.74, 6) is 0. The Balaban J connectivity index is 2.16. The summed E-state index contributed by atoms with van der Waals surface area (Å²) in [6.45, 7) is 9.20. The molecule has 0 bridgehead atoms. The maximum atomic E-state index is 9.13. The van der Waals surface area contributed by atoms with Gasteiger partial charge in [-0.25, -0.2) is 4.85 Å². The summed E-state index contributed by atoms with van der Waals surface area (Å²) in [4.78, 5) is 7.91. The zero-order valence-corrected chi connectivity index (χ0v) is 12.6. The van der Waals surface area contributed by atoms with Crippen LogP contribution >= 0.6 is 0 Å². The number of aryl methyl sites for hydroxylation is 1. The predicted molar refractivity (Wildman–Crippen MR) is 90.8 cm³/mol. The van der Waals surface area contributed by atoms with Crippen molar-refractivity contribution in [1.82, 2.24) is 4.98 Å². The van der Waals surface area contributed by atoms with Crippen molar-refractivity contribution in [2.45, 2.75) is 6.92 Å². The van der Waals surface area contributed by atoms with Crippen molar-refractivity contribution >= 4 is 5.69 Å². The average molecular weight is 295 g/mol. The van der Waals surface area contributed by atoms with Gasteiger partial charge in [-0.2, -0.15) is 5.26 Å². The summed E-state index contributed by atoms with van der Waals surface area (Å²) in [5.41, 5.74) is 5.77. The summed E-state index contributed by atoms with van der Waals surface area (Å²) in [6.07, 6.45) is 1.83. The Kier molecular flexibility index (Phi) is 3.87. The van der Waals surface area contributed by atoms with Gasteiger partial charge in [-0.15, -0.1) is 0 Å². The van der Waals surface area contributed by atoms with Crippen LogP contribution in [0.1, 0.15) is 11.1 Å². The van der Waals surface area contributed by atoms with Crippen molar-refractivity contribution in [3.63, 3.8) is 0 Å². The second-order valence-corrected chi connectivity index (χ2v) is 5.24. The maximum absolute atomic E-state index is 9.13. The number of nitrogens with zero attached hydrogens (tertiary/aromatic N) is 3. The Morgan fingerprint density at radius 3 is 2.52 bits per heavy atom. The van der Waals surface area contributed by atoms with E-state index >= 15 is 0 Å². The normalized spacial score (nSPS) is 9.87. The molecule has 0 radical (unpaired) electrons. The predicted octanol–water partition coefficient (Wildman–Crippen LogP) is 5.15. The number of hydrogen-bond donors (Lipinski definition) is 0. The number of hydrogen-bond acceptors (Lipinski definition) is 2. The third-order valence-corrected chi connectivity index (χ3v) is 3.66. The first kappa shape index (κ1) is 14.5. The van der Waals surface area contributed by atoms with Gasteiger partial charge in [0, 0.05) is 11.8 Å². The monoisotopic (exact) mass is 295 g/mol. The summed E-state index contributed by atoms with van der Waals surface area (Å²) in [7, 11) is 0. The maximum Gasteiger partial charge on any atom is 0.189 e. The van der Waals surface area contributed by atoms with Crippen LogP contribution in [0.5, 0.6) is 0 Å². The van der Waals surface area contributed by atoms with E-state index < -0.39 is 0 Å². The molecule has 0 atom stereocenters. The van der Waals surface area contributed by atoms with Crippen molar-refractivity contribution in [1.29, 1.82) is 5.26 Å². The van der Waals surface area contributed by atoms with E-state index in [2.05, 4.69) is 28.0 Å². The molecule has 1 heterocycles. The molecule has 2 aromatic carbocycles. The minimum atomic E-state index is 0.447. The molecule has 3 nitrogen and oxygen atoms in total. The topological polar surface area (TPSA) is 41.0 Å². The average Bonchev–Trinajstić information content (AvgIpc) is 2.62. The molecule has 0 amide bonds. The Labute approximate surface area is 135 Å². The van der Waals surface area contributed by atoms with Crippen LogP contribution in [0.2, 0.25) is 0 Å². The molecule has 3 aromatic rings. The van der Waals surface area contributed by atoms with Crippen LogP contribution in [0.25, 0.3) is 27.2 Å². The zero-order valence-electron chi connectivity index (χ0n) is 12.6. The largest absolute Gasteiger partial charge is 0.256 e. The first-order valence-electron chi connectivity index (χ1n) is 7.16. The Morgan fingerprint density at radius 2 is 1.83 bits per heavy atom. The van der Waals surface area contributed by atoms with Crippen LogP contribution in [-0.2, 0) is 0 Å². The van der Waals surface area contributed by atoms with Gasteiger partial charge in [0.1, 0.15) is 0 Å². The second kappa shape index (κ2) is 6.13. The molecule has 0 fully saturated rings. The molecule has 0 unspecified atom stereocenters. The Bertz CT molecular complexity index is 913. The molecule has 23 heavy (non-hydrogen) atoms. The molecule has 0 aliphatic heterocycles. The van der Waals surface area contributed by atoms with Crippen LogP contribution in [-0.4, -0.2) is 4.98 Å². The second-order valence-electron chi connectivity index (χ2n) is 5.24. The molecular formula is C20H13N3. The van der Waals surface area contributed by atoms with Gasteiger partial charge < -0.3 is 0 Å². The number of pyridine rings is 1. The van der Waals surface area contributed by atoms with E-state index in [1.165, 1.54) is 0 Å². The van der Waals surface area contributed by atoms with Crippen LogP contribution in [0, 0.1) is 24.8 Å². The molecule has 0 spiro atoms. The smallest absolute Gasteiger partial charge is 0.189 e. The van der Waals surface area contributed by atoms with E-state index in [1.807, 2.05) is 37.4 Å². The molecule has 0 saturated heterocycles. The molecule has 3 heteroatoms. The van der Waals surface area contributed by atoms with E-state index in [1.54, 1.807) is 18.2 Å². The number of benzene rings is 2. The molecule has 108 valence electrons. The van der Waals surface area contributed by atoms with Crippen molar-refractivity contribution in [3.8, 4) is 28.5 Å². The lowest BCUT2D eigenvalue weighted by Gasteiger charge is -2.09. The lowest BCUT2D eigenvalue weighted by Crippen LogP contribution is -1.90. The molecule has 0 aliphatic rings. The first-order valence-corrected chi connectivity index (χ1v) is 7.16. The van der Waals surface area contributed by atoms with E-state index in [0.29, 0.717) is 11.3 Å². The fourth-order valence-corrected chi connectivity index (χ4v) is 2.50. The van der Waals surface area contributed by atoms with E-state index in [-0.39, 0.29) is 0 Å². The van der Waals surface area contributed by atoms with Gasteiger partial charge in [0.15, 0.2) is 5.69 Å². The molecule has 1 aromatic heterocycles. The lowest BCUT2D eigenvalue weighted by atomic mass is 9.99. The highest BCUT2D eigenvalue weighted by Gasteiger charge is 2.08. The molecule has 3 rings (SSSR count). The first-order chi connectivity index (χ1) is 11.2. The minimum Gasteiger partial charge on any atom is -0.256 e. The third-order valence-electron chi connectivity index (χ3n) is 3.66.